The zero-order chi connectivity index (χ0) is 21.1. The number of nitrogens with zero attached hydrogens (tertiary/aromatic N) is 2. The van der Waals surface area contributed by atoms with Crippen LogP contribution in [-0.4, -0.2) is 34.2 Å². The van der Waals surface area contributed by atoms with Gasteiger partial charge >= 0.3 is 0 Å². The number of amides is 3. The van der Waals surface area contributed by atoms with Crippen molar-refractivity contribution in [1.29, 1.82) is 0 Å². The number of carbonyl (C=O) groups excluding carboxylic acids is 3. The molecule has 4 rings (SSSR count). The highest BCUT2D eigenvalue weighted by Gasteiger charge is 2.35. The first-order chi connectivity index (χ1) is 14.5. The first-order valence-electron chi connectivity index (χ1n) is 9.75. The predicted molar refractivity (Wildman–Crippen MR) is 112 cm³/mol. The number of rotatable bonds is 6. The lowest BCUT2D eigenvalue weighted by molar-refractivity contribution is -0.121. The van der Waals surface area contributed by atoms with Crippen LogP contribution in [-0.2, 0) is 4.79 Å². The van der Waals surface area contributed by atoms with Gasteiger partial charge in [-0.1, -0.05) is 42.0 Å². The van der Waals surface area contributed by atoms with E-state index < -0.39 is 0 Å². The van der Waals surface area contributed by atoms with E-state index in [1.807, 2.05) is 49.4 Å². The Morgan fingerprint density at radius 1 is 0.933 bits per heavy atom. The zero-order valence-corrected chi connectivity index (χ0v) is 16.5. The first kappa shape index (κ1) is 19.5. The molecule has 1 atom stereocenters. The van der Waals surface area contributed by atoms with Crippen molar-refractivity contribution in [3.8, 4) is 0 Å². The monoisotopic (exact) mass is 399 g/mol. The molecule has 150 valence electrons. The lowest BCUT2D eigenvalue weighted by Crippen LogP contribution is -2.36. The Bertz CT molecular complexity index is 1060. The number of benzene rings is 2. The summed E-state index contributed by atoms with van der Waals surface area (Å²) in [5.41, 5.74) is 3.55. The normalized spacial score (nSPS) is 13.8. The molecule has 3 aromatic rings. The fraction of sp³-hybridized carbons (Fsp3) is 0.167. The van der Waals surface area contributed by atoms with Gasteiger partial charge in [-0.05, 0) is 42.3 Å². The first-order valence-corrected chi connectivity index (χ1v) is 9.75. The molecule has 1 aromatic heterocycles. The summed E-state index contributed by atoms with van der Waals surface area (Å²) < 4.78 is 0. The summed E-state index contributed by atoms with van der Waals surface area (Å²) in [6, 6.07) is 18.2. The van der Waals surface area contributed by atoms with Crippen LogP contribution in [0.3, 0.4) is 0 Å². The molecule has 0 saturated heterocycles. The highest BCUT2D eigenvalue weighted by molar-refractivity contribution is 6.21. The van der Waals surface area contributed by atoms with Crippen molar-refractivity contribution in [3.05, 3.63) is 101 Å². The minimum atomic E-state index is -0.350. The summed E-state index contributed by atoms with van der Waals surface area (Å²) in [5.74, 6) is -0.940. The third-order valence-electron chi connectivity index (χ3n) is 5.17. The average molecular weight is 399 g/mol. The van der Waals surface area contributed by atoms with Crippen LogP contribution < -0.4 is 5.32 Å². The molecule has 6 nitrogen and oxygen atoms in total. The second-order valence-corrected chi connectivity index (χ2v) is 7.25. The Kier molecular flexibility index (Phi) is 5.39. The van der Waals surface area contributed by atoms with Gasteiger partial charge in [-0.15, -0.1) is 0 Å². The molecule has 0 spiro atoms. The van der Waals surface area contributed by atoms with E-state index >= 15 is 0 Å². The molecule has 1 unspecified atom stereocenters. The third-order valence-corrected chi connectivity index (χ3v) is 5.17. The number of nitrogens with one attached hydrogen (secondary N) is 1. The Labute approximate surface area is 174 Å². The minimum Gasteiger partial charge on any atom is -0.345 e. The van der Waals surface area contributed by atoms with E-state index in [1.54, 1.807) is 30.6 Å². The van der Waals surface area contributed by atoms with Crippen LogP contribution in [0.15, 0.2) is 73.1 Å². The number of hydrogen-bond donors (Lipinski definition) is 1. The third kappa shape index (κ3) is 3.85. The Morgan fingerprint density at radius 2 is 1.60 bits per heavy atom. The number of carbonyl (C=O) groups is 3. The van der Waals surface area contributed by atoms with E-state index in [2.05, 4.69) is 10.3 Å². The molecular formula is C24H21N3O3. The van der Waals surface area contributed by atoms with Gasteiger partial charge in [-0.2, -0.15) is 0 Å². The van der Waals surface area contributed by atoms with Gasteiger partial charge in [0.15, 0.2) is 0 Å². The quantitative estimate of drug-likeness (QED) is 0.645. The van der Waals surface area contributed by atoms with Gasteiger partial charge < -0.3 is 5.32 Å². The fourth-order valence-electron chi connectivity index (χ4n) is 3.61. The second-order valence-electron chi connectivity index (χ2n) is 7.25. The maximum absolute atomic E-state index is 12.7. The summed E-state index contributed by atoms with van der Waals surface area (Å²) in [6.45, 7) is 1.91. The number of hydrogen-bond acceptors (Lipinski definition) is 4. The van der Waals surface area contributed by atoms with Crippen molar-refractivity contribution >= 4 is 17.7 Å². The van der Waals surface area contributed by atoms with Crippen LogP contribution in [0.5, 0.6) is 0 Å². The Morgan fingerprint density at radius 3 is 2.33 bits per heavy atom. The maximum atomic E-state index is 12.7. The van der Waals surface area contributed by atoms with Gasteiger partial charge in [-0.3, -0.25) is 24.3 Å². The van der Waals surface area contributed by atoms with Crippen LogP contribution in [0.4, 0.5) is 0 Å². The Balaban J connectivity index is 1.46. The van der Waals surface area contributed by atoms with Gasteiger partial charge in [0, 0.05) is 25.4 Å². The van der Waals surface area contributed by atoms with Crippen LogP contribution in [0.1, 0.15) is 49.9 Å². The molecule has 0 bridgehead atoms. The predicted octanol–water partition coefficient (Wildman–Crippen LogP) is 3.28. The molecule has 1 aliphatic heterocycles. The summed E-state index contributed by atoms with van der Waals surface area (Å²) in [7, 11) is 0. The van der Waals surface area contributed by atoms with E-state index in [0.29, 0.717) is 11.1 Å². The van der Waals surface area contributed by atoms with Gasteiger partial charge in [0.1, 0.15) is 0 Å². The smallest absolute Gasteiger partial charge is 0.261 e. The molecule has 3 amide bonds. The van der Waals surface area contributed by atoms with Crippen molar-refractivity contribution in [1.82, 2.24) is 15.2 Å². The van der Waals surface area contributed by atoms with E-state index in [9.17, 15) is 14.4 Å². The minimum absolute atomic E-state index is 0.0267. The van der Waals surface area contributed by atoms with Gasteiger partial charge in [0.05, 0.1) is 17.2 Å². The molecule has 0 radical (unpaired) electrons. The maximum Gasteiger partial charge on any atom is 0.261 e. The molecule has 6 heteroatoms. The molecular weight excluding hydrogens is 378 g/mol. The second kappa shape index (κ2) is 8.29. The van der Waals surface area contributed by atoms with E-state index in [1.165, 1.54) is 0 Å². The van der Waals surface area contributed by atoms with Crippen LogP contribution in [0.2, 0.25) is 0 Å². The van der Waals surface area contributed by atoms with Gasteiger partial charge in [0.25, 0.3) is 11.8 Å². The van der Waals surface area contributed by atoms with Gasteiger partial charge in [0.2, 0.25) is 5.91 Å². The lowest BCUT2D eigenvalue weighted by atomic mass is 9.99. The summed E-state index contributed by atoms with van der Waals surface area (Å²) >= 11 is 0. The average Bonchev–Trinajstić information content (AvgIpc) is 3.01. The van der Waals surface area contributed by atoms with Crippen LogP contribution >= 0.6 is 0 Å². The van der Waals surface area contributed by atoms with Crippen molar-refractivity contribution < 1.29 is 14.4 Å². The number of pyridine rings is 1. The topological polar surface area (TPSA) is 79.4 Å². The van der Waals surface area contributed by atoms with Crippen molar-refractivity contribution in [2.24, 2.45) is 0 Å². The highest BCUT2D eigenvalue weighted by Crippen LogP contribution is 2.25. The highest BCUT2D eigenvalue weighted by atomic mass is 16.2. The lowest BCUT2D eigenvalue weighted by Gasteiger charge is -2.20. The zero-order valence-electron chi connectivity index (χ0n) is 16.5. The summed E-state index contributed by atoms with van der Waals surface area (Å²) in [4.78, 5) is 43.1. The summed E-state index contributed by atoms with van der Waals surface area (Å²) in [5, 5.41) is 3.02. The largest absolute Gasteiger partial charge is 0.345 e. The molecule has 0 saturated carbocycles. The fourth-order valence-corrected chi connectivity index (χ4v) is 3.61. The molecule has 1 aliphatic rings. The van der Waals surface area contributed by atoms with Crippen molar-refractivity contribution in [2.75, 3.05) is 6.54 Å². The van der Waals surface area contributed by atoms with Crippen LogP contribution in [0, 0.1) is 6.92 Å². The molecule has 30 heavy (non-hydrogen) atoms. The van der Waals surface area contributed by atoms with E-state index in [0.717, 1.165) is 21.6 Å². The van der Waals surface area contributed by atoms with Crippen LogP contribution in [0.25, 0.3) is 0 Å². The number of aromatic nitrogens is 1. The molecule has 0 aliphatic carbocycles. The summed E-state index contributed by atoms with van der Waals surface area (Å²) in [6.07, 6.45) is 3.38. The molecule has 2 heterocycles. The number of fused-ring (bicyclic) bond motifs is 1. The number of imide groups is 1. The van der Waals surface area contributed by atoms with Crippen molar-refractivity contribution in [3.63, 3.8) is 0 Å². The molecule has 2 aromatic carbocycles. The van der Waals surface area contributed by atoms with Crippen molar-refractivity contribution in [2.45, 2.75) is 19.4 Å². The standard InChI is InChI=1S/C24H21N3O3/c1-16-7-8-19-20(15-16)24(30)27(23(19)29)14-11-21(28)26-22(17-5-3-2-4-6-17)18-9-12-25-13-10-18/h2-10,12-13,15,22H,11,14H2,1H3,(H,26,28). The number of aryl methyl sites for hydroxylation is 1. The van der Waals surface area contributed by atoms with E-state index in [4.69, 9.17) is 0 Å². The molecule has 1 N–H and O–H groups in total. The molecule has 0 fully saturated rings. The van der Waals surface area contributed by atoms with E-state index in [-0.39, 0.29) is 36.7 Å². The SMILES string of the molecule is Cc1ccc2c(c1)C(=O)N(CCC(=O)NC(c1ccccc1)c1ccncc1)C2=O. The van der Waals surface area contributed by atoms with Gasteiger partial charge in [-0.25, -0.2) is 0 Å². The Hall–Kier alpha value is -3.80.